The van der Waals surface area contributed by atoms with Gasteiger partial charge < -0.3 is 10.3 Å². The van der Waals surface area contributed by atoms with Crippen LogP contribution in [-0.2, 0) is 6.54 Å². The molecule has 2 N–H and O–H groups in total. The van der Waals surface area contributed by atoms with Crippen LogP contribution in [0.25, 0.3) is 10.9 Å². The number of likely N-dealkylation sites (N-methyl/N-ethyl adjacent to an activating group) is 1. The van der Waals surface area contributed by atoms with E-state index < -0.39 is 0 Å². The van der Waals surface area contributed by atoms with Crippen LogP contribution in [0.3, 0.4) is 0 Å². The van der Waals surface area contributed by atoms with Crippen LogP contribution in [0.15, 0.2) is 24.3 Å². The van der Waals surface area contributed by atoms with Crippen molar-refractivity contribution in [2.24, 2.45) is 0 Å². The predicted octanol–water partition coefficient (Wildman–Crippen LogP) is 2.27. The number of rotatable bonds is 3. The monoisotopic (exact) mass is 243 g/mol. The molecule has 96 valence electrons. The maximum absolute atomic E-state index is 3.48. The van der Waals surface area contributed by atoms with Gasteiger partial charge in [-0.15, -0.1) is 0 Å². The topological polar surface area (TPSA) is 31.1 Å². The first-order valence-electron chi connectivity index (χ1n) is 6.73. The summed E-state index contributed by atoms with van der Waals surface area (Å²) in [6.45, 7) is 5.48. The van der Waals surface area contributed by atoms with Crippen molar-refractivity contribution in [3.63, 3.8) is 0 Å². The SMILES string of the molecule is Cc1[nH]c2ccccc2c1CN(C)C1CCNC1. The molecular formula is C15H21N3. The van der Waals surface area contributed by atoms with Gasteiger partial charge in [-0.3, -0.25) is 4.90 Å². The second-order valence-electron chi connectivity index (χ2n) is 5.34. The summed E-state index contributed by atoms with van der Waals surface area (Å²) in [4.78, 5) is 5.96. The molecule has 2 aromatic rings. The standard InChI is InChI=1S/C15H21N3/c1-11-14(10-18(2)12-7-8-16-9-12)13-5-3-4-6-15(13)17-11/h3-6,12,16-17H,7-10H2,1-2H3. The van der Waals surface area contributed by atoms with Crippen LogP contribution < -0.4 is 5.32 Å². The Morgan fingerprint density at radius 1 is 1.33 bits per heavy atom. The van der Waals surface area contributed by atoms with Crippen LogP contribution in [0, 0.1) is 6.92 Å². The van der Waals surface area contributed by atoms with Gasteiger partial charge in [0, 0.05) is 35.7 Å². The van der Waals surface area contributed by atoms with Crippen molar-refractivity contribution in [1.82, 2.24) is 15.2 Å². The molecule has 0 aliphatic carbocycles. The molecule has 3 nitrogen and oxygen atoms in total. The average Bonchev–Trinajstić information content (AvgIpc) is 2.98. The Bertz CT molecular complexity index is 538. The van der Waals surface area contributed by atoms with Gasteiger partial charge in [-0.1, -0.05) is 18.2 Å². The highest BCUT2D eigenvalue weighted by atomic mass is 15.2. The molecule has 0 spiro atoms. The number of aromatic nitrogens is 1. The lowest BCUT2D eigenvalue weighted by molar-refractivity contribution is 0.249. The van der Waals surface area contributed by atoms with E-state index in [0.29, 0.717) is 6.04 Å². The molecule has 1 aliphatic heterocycles. The van der Waals surface area contributed by atoms with Crippen molar-refractivity contribution in [1.29, 1.82) is 0 Å². The normalized spacial score (nSPS) is 20.1. The summed E-state index contributed by atoms with van der Waals surface area (Å²) < 4.78 is 0. The highest BCUT2D eigenvalue weighted by Gasteiger charge is 2.20. The molecule has 18 heavy (non-hydrogen) atoms. The number of aryl methyl sites for hydroxylation is 1. The van der Waals surface area contributed by atoms with E-state index >= 15 is 0 Å². The molecule has 1 fully saturated rings. The third-order valence-corrected chi connectivity index (χ3v) is 4.09. The van der Waals surface area contributed by atoms with Crippen molar-refractivity contribution < 1.29 is 0 Å². The molecule has 2 heterocycles. The minimum atomic E-state index is 0.679. The number of nitrogens with one attached hydrogen (secondary N) is 2. The first-order chi connectivity index (χ1) is 8.75. The Morgan fingerprint density at radius 2 is 2.17 bits per heavy atom. The zero-order chi connectivity index (χ0) is 12.5. The number of para-hydroxylation sites is 1. The predicted molar refractivity (Wildman–Crippen MR) is 75.8 cm³/mol. The van der Waals surface area contributed by atoms with Crippen molar-refractivity contribution in [3.05, 3.63) is 35.5 Å². The fourth-order valence-electron chi connectivity index (χ4n) is 2.93. The van der Waals surface area contributed by atoms with E-state index in [2.05, 4.69) is 53.4 Å². The highest BCUT2D eigenvalue weighted by molar-refractivity contribution is 5.84. The first kappa shape index (κ1) is 11.8. The molecule has 0 radical (unpaired) electrons. The van der Waals surface area contributed by atoms with Crippen LogP contribution in [0.4, 0.5) is 0 Å². The smallest absolute Gasteiger partial charge is 0.0459 e. The average molecular weight is 243 g/mol. The van der Waals surface area contributed by atoms with Crippen LogP contribution in [0.1, 0.15) is 17.7 Å². The van der Waals surface area contributed by atoms with Gasteiger partial charge in [-0.05, 0) is 38.6 Å². The van der Waals surface area contributed by atoms with Gasteiger partial charge in [0.25, 0.3) is 0 Å². The van der Waals surface area contributed by atoms with Crippen molar-refractivity contribution >= 4 is 10.9 Å². The molecule has 3 heteroatoms. The van der Waals surface area contributed by atoms with Gasteiger partial charge in [0.2, 0.25) is 0 Å². The van der Waals surface area contributed by atoms with E-state index in [0.717, 1.165) is 19.6 Å². The first-order valence-corrected chi connectivity index (χ1v) is 6.73. The largest absolute Gasteiger partial charge is 0.358 e. The Morgan fingerprint density at radius 3 is 2.94 bits per heavy atom. The third-order valence-electron chi connectivity index (χ3n) is 4.09. The lowest BCUT2D eigenvalue weighted by Crippen LogP contribution is -2.32. The van der Waals surface area contributed by atoms with Gasteiger partial charge in [-0.25, -0.2) is 0 Å². The zero-order valence-corrected chi connectivity index (χ0v) is 11.2. The highest BCUT2D eigenvalue weighted by Crippen LogP contribution is 2.24. The number of aromatic amines is 1. The Hall–Kier alpha value is -1.32. The summed E-state index contributed by atoms with van der Waals surface area (Å²) in [6, 6.07) is 9.26. The van der Waals surface area contributed by atoms with E-state index in [4.69, 9.17) is 0 Å². The molecular weight excluding hydrogens is 222 g/mol. The number of fused-ring (bicyclic) bond motifs is 1. The van der Waals surface area contributed by atoms with E-state index in [-0.39, 0.29) is 0 Å². The van der Waals surface area contributed by atoms with Gasteiger partial charge in [-0.2, -0.15) is 0 Å². The summed E-state index contributed by atoms with van der Waals surface area (Å²) in [6.07, 6.45) is 1.26. The summed E-state index contributed by atoms with van der Waals surface area (Å²) in [5.74, 6) is 0. The molecule has 1 atom stereocenters. The summed E-state index contributed by atoms with van der Waals surface area (Å²) in [5.41, 5.74) is 4.00. The number of nitrogens with zero attached hydrogens (tertiary/aromatic N) is 1. The van der Waals surface area contributed by atoms with Crippen molar-refractivity contribution in [2.75, 3.05) is 20.1 Å². The molecule has 0 saturated carbocycles. The number of hydrogen-bond acceptors (Lipinski definition) is 2. The van der Waals surface area contributed by atoms with Crippen LogP contribution in [-0.4, -0.2) is 36.1 Å². The molecule has 0 bridgehead atoms. The quantitative estimate of drug-likeness (QED) is 0.866. The van der Waals surface area contributed by atoms with E-state index in [9.17, 15) is 0 Å². The maximum Gasteiger partial charge on any atom is 0.0459 e. The number of hydrogen-bond donors (Lipinski definition) is 2. The third kappa shape index (κ3) is 2.04. The number of benzene rings is 1. The molecule has 0 amide bonds. The van der Waals surface area contributed by atoms with E-state index in [1.54, 1.807) is 0 Å². The van der Waals surface area contributed by atoms with Gasteiger partial charge in [0.15, 0.2) is 0 Å². The van der Waals surface area contributed by atoms with E-state index in [1.165, 1.54) is 28.6 Å². The zero-order valence-electron chi connectivity index (χ0n) is 11.2. The minimum absolute atomic E-state index is 0.679. The van der Waals surface area contributed by atoms with Crippen molar-refractivity contribution in [2.45, 2.75) is 25.9 Å². The van der Waals surface area contributed by atoms with Crippen LogP contribution in [0.2, 0.25) is 0 Å². The van der Waals surface area contributed by atoms with Gasteiger partial charge >= 0.3 is 0 Å². The molecule has 1 saturated heterocycles. The Kier molecular flexibility index (Phi) is 3.10. The lowest BCUT2D eigenvalue weighted by atomic mass is 10.1. The second kappa shape index (κ2) is 4.75. The molecule has 1 aromatic heterocycles. The Balaban J connectivity index is 1.87. The molecule has 1 aliphatic rings. The molecule has 1 aromatic carbocycles. The summed E-state index contributed by atoms with van der Waals surface area (Å²) in [7, 11) is 2.24. The Labute approximate surface area is 108 Å². The minimum Gasteiger partial charge on any atom is -0.358 e. The lowest BCUT2D eigenvalue weighted by Gasteiger charge is -2.23. The summed E-state index contributed by atoms with van der Waals surface area (Å²) >= 11 is 0. The second-order valence-corrected chi connectivity index (χ2v) is 5.34. The molecule has 3 rings (SSSR count). The fraction of sp³-hybridized carbons (Fsp3) is 0.467. The van der Waals surface area contributed by atoms with Crippen LogP contribution in [0.5, 0.6) is 0 Å². The maximum atomic E-state index is 3.48. The van der Waals surface area contributed by atoms with E-state index in [1.807, 2.05) is 0 Å². The summed E-state index contributed by atoms with van der Waals surface area (Å²) in [5, 5.41) is 4.80. The number of H-pyrrole nitrogens is 1. The fourth-order valence-corrected chi connectivity index (χ4v) is 2.93. The molecule has 1 unspecified atom stereocenters. The van der Waals surface area contributed by atoms with Crippen LogP contribution >= 0.6 is 0 Å². The van der Waals surface area contributed by atoms with Gasteiger partial charge in [0.05, 0.1) is 0 Å². The van der Waals surface area contributed by atoms with Crippen molar-refractivity contribution in [3.8, 4) is 0 Å². The van der Waals surface area contributed by atoms with Gasteiger partial charge in [0.1, 0.15) is 0 Å².